The Hall–Kier alpha value is -2.33. The highest BCUT2D eigenvalue weighted by Gasteiger charge is 2.19. The molecule has 0 spiro atoms. The molecule has 5 heteroatoms. The van der Waals surface area contributed by atoms with Crippen molar-refractivity contribution < 1.29 is 14.7 Å². The van der Waals surface area contributed by atoms with Crippen molar-refractivity contribution in [3.63, 3.8) is 0 Å². The van der Waals surface area contributed by atoms with Crippen LogP contribution in [0, 0.1) is 0 Å². The molecule has 0 fully saturated rings. The predicted octanol–water partition coefficient (Wildman–Crippen LogP) is 3.78. The maximum atomic E-state index is 12.3. The van der Waals surface area contributed by atoms with Gasteiger partial charge in [0.2, 0.25) is 5.91 Å². The Morgan fingerprint density at radius 1 is 1.10 bits per heavy atom. The number of carbonyl (C=O) groups is 2. The van der Waals surface area contributed by atoms with Gasteiger partial charge >= 0.3 is 5.97 Å². The zero-order valence-electron chi connectivity index (χ0n) is 11.3. The van der Waals surface area contributed by atoms with Gasteiger partial charge in [-0.25, -0.2) is 4.79 Å². The summed E-state index contributed by atoms with van der Waals surface area (Å²) in [6, 6.07) is 13.8. The van der Waals surface area contributed by atoms with Crippen LogP contribution in [0.3, 0.4) is 0 Å². The number of rotatable bonds is 4. The third-order valence-electron chi connectivity index (χ3n) is 3.18. The van der Waals surface area contributed by atoms with Gasteiger partial charge in [-0.2, -0.15) is 0 Å². The predicted molar refractivity (Wildman–Crippen MR) is 81.9 cm³/mol. The molecule has 4 nitrogen and oxygen atoms in total. The average molecular weight is 304 g/mol. The molecule has 21 heavy (non-hydrogen) atoms. The lowest BCUT2D eigenvalue weighted by atomic mass is 10.0. The third-order valence-corrected chi connectivity index (χ3v) is 3.49. The summed E-state index contributed by atoms with van der Waals surface area (Å²) in [6.07, 6.45) is 0. The highest BCUT2D eigenvalue weighted by Crippen LogP contribution is 2.26. The number of hydrogen-bond donors (Lipinski definition) is 2. The summed E-state index contributed by atoms with van der Waals surface area (Å²) >= 11 is 5.87. The number of carboxylic acid groups (broad SMARTS) is 1. The number of carboxylic acids is 1. The van der Waals surface area contributed by atoms with Crippen molar-refractivity contribution in [1.29, 1.82) is 0 Å². The molecular formula is C16H14ClNO3. The van der Waals surface area contributed by atoms with Gasteiger partial charge in [0.1, 0.15) is 5.56 Å². The first-order valence-electron chi connectivity index (χ1n) is 6.38. The molecule has 0 heterocycles. The van der Waals surface area contributed by atoms with E-state index in [9.17, 15) is 14.7 Å². The lowest BCUT2D eigenvalue weighted by molar-refractivity contribution is -0.117. The third kappa shape index (κ3) is 3.41. The van der Waals surface area contributed by atoms with Crippen LogP contribution in [-0.2, 0) is 4.79 Å². The van der Waals surface area contributed by atoms with E-state index in [1.54, 1.807) is 13.0 Å². The molecule has 2 aromatic carbocycles. The van der Waals surface area contributed by atoms with Crippen LogP contribution in [-0.4, -0.2) is 17.0 Å². The first-order chi connectivity index (χ1) is 10.0. The second kappa shape index (κ2) is 6.41. The van der Waals surface area contributed by atoms with Crippen LogP contribution in [0.25, 0.3) is 0 Å². The maximum Gasteiger partial charge on any atom is 0.339 e. The largest absolute Gasteiger partial charge is 0.478 e. The Kier molecular flexibility index (Phi) is 4.60. The van der Waals surface area contributed by atoms with Crippen molar-refractivity contribution in [1.82, 2.24) is 0 Å². The normalized spacial score (nSPS) is 11.7. The standard InChI is InChI=1S/C16H14ClNO3/c1-10(11-6-3-2-4-7-11)15(19)18-13-9-5-8-12(17)14(13)16(20)21/h2-10H,1H3,(H,18,19)(H,20,21). The van der Waals surface area contributed by atoms with Gasteiger partial charge in [-0.1, -0.05) is 48.0 Å². The topological polar surface area (TPSA) is 66.4 Å². The highest BCUT2D eigenvalue weighted by atomic mass is 35.5. The van der Waals surface area contributed by atoms with E-state index in [4.69, 9.17) is 11.6 Å². The maximum absolute atomic E-state index is 12.3. The Morgan fingerprint density at radius 2 is 1.76 bits per heavy atom. The van der Waals surface area contributed by atoms with Crippen LogP contribution in [0.5, 0.6) is 0 Å². The Bertz CT molecular complexity index is 670. The molecule has 1 amide bonds. The molecule has 0 saturated heterocycles. The highest BCUT2D eigenvalue weighted by molar-refractivity contribution is 6.34. The van der Waals surface area contributed by atoms with Gasteiger partial charge in [0, 0.05) is 0 Å². The number of halogens is 1. The number of nitrogens with one attached hydrogen (secondary N) is 1. The first kappa shape index (κ1) is 15.1. The first-order valence-corrected chi connectivity index (χ1v) is 6.76. The fraction of sp³-hybridized carbons (Fsp3) is 0.125. The summed E-state index contributed by atoms with van der Waals surface area (Å²) in [5, 5.41) is 11.9. The van der Waals surface area contributed by atoms with Crippen molar-refractivity contribution in [2.45, 2.75) is 12.8 Å². The lowest BCUT2D eigenvalue weighted by Crippen LogP contribution is -2.20. The number of amides is 1. The quantitative estimate of drug-likeness (QED) is 0.903. The molecule has 0 aliphatic heterocycles. The molecular weight excluding hydrogens is 290 g/mol. The molecule has 0 radical (unpaired) electrons. The Morgan fingerprint density at radius 3 is 2.38 bits per heavy atom. The summed E-state index contributed by atoms with van der Waals surface area (Å²) in [5.41, 5.74) is 0.949. The molecule has 1 unspecified atom stereocenters. The molecule has 108 valence electrons. The van der Waals surface area contributed by atoms with E-state index in [-0.39, 0.29) is 22.2 Å². The smallest absolute Gasteiger partial charge is 0.339 e. The summed E-state index contributed by atoms with van der Waals surface area (Å²) < 4.78 is 0. The molecule has 0 saturated carbocycles. The number of hydrogen-bond acceptors (Lipinski definition) is 2. The number of anilines is 1. The molecule has 0 aliphatic rings. The van der Waals surface area contributed by atoms with Gasteiger partial charge < -0.3 is 10.4 Å². The van der Waals surface area contributed by atoms with Crippen molar-refractivity contribution in [3.05, 3.63) is 64.7 Å². The van der Waals surface area contributed by atoms with Gasteiger partial charge in [-0.05, 0) is 24.6 Å². The lowest BCUT2D eigenvalue weighted by Gasteiger charge is -2.14. The van der Waals surface area contributed by atoms with E-state index in [1.807, 2.05) is 30.3 Å². The van der Waals surface area contributed by atoms with Crippen molar-refractivity contribution in [3.8, 4) is 0 Å². The number of benzene rings is 2. The van der Waals surface area contributed by atoms with Crippen molar-refractivity contribution >= 4 is 29.2 Å². The Balaban J connectivity index is 2.25. The van der Waals surface area contributed by atoms with Gasteiger partial charge in [-0.15, -0.1) is 0 Å². The minimum absolute atomic E-state index is 0.0904. The number of aromatic carboxylic acids is 1. The van der Waals surface area contributed by atoms with E-state index in [1.165, 1.54) is 12.1 Å². The van der Waals surface area contributed by atoms with Crippen LogP contribution in [0.2, 0.25) is 5.02 Å². The van der Waals surface area contributed by atoms with E-state index >= 15 is 0 Å². The summed E-state index contributed by atoms with van der Waals surface area (Å²) in [6.45, 7) is 1.76. The number of carbonyl (C=O) groups excluding carboxylic acids is 1. The zero-order chi connectivity index (χ0) is 15.4. The van der Waals surface area contributed by atoms with E-state index in [2.05, 4.69) is 5.32 Å². The zero-order valence-corrected chi connectivity index (χ0v) is 12.1. The summed E-state index contributed by atoms with van der Waals surface area (Å²) in [7, 11) is 0. The van der Waals surface area contributed by atoms with Gasteiger partial charge in [0.05, 0.1) is 16.6 Å². The van der Waals surface area contributed by atoms with Crippen LogP contribution in [0.1, 0.15) is 28.8 Å². The molecule has 2 rings (SSSR count). The minimum atomic E-state index is -1.18. The van der Waals surface area contributed by atoms with Crippen molar-refractivity contribution in [2.24, 2.45) is 0 Å². The Labute approximate surface area is 127 Å². The molecule has 0 bridgehead atoms. The second-order valence-corrected chi connectivity index (χ2v) is 5.00. The average Bonchev–Trinajstić information content (AvgIpc) is 2.47. The van der Waals surface area contributed by atoms with Crippen LogP contribution >= 0.6 is 11.6 Å². The molecule has 0 aliphatic carbocycles. The summed E-state index contributed by atoms with van der Waals surface area (Å²) in [5.74, 6) is -1.86. The molecule has 0 aromatic heterocycles. The monoisotopic (exact) mass is 303 g/mol. The SMILES string of the molecule is CC(C(=O)Nc1cccc(Cl)c1C(=O)O)c1ccccc1. The van der Waals surface area contributed by atoms with E-state index < -0.39 is 11.9 Å². The molecule has 1 atom stereocenters. The van der Waals surface area contributed by atoms with Crippen LogP contribution in [0.4, 0.5) is 5.69 Å². The minimum Gasteiger partial charge on any atom is -0.478 e. The van der Waals surface area contributed by atoms with Crippen LogP contribution in [0.15, 0.2) is 48.5 Å². The van der Waals surface area contributed by atoms with Crippen LogP contribution < -0.4 is 5.32 Å². The molecule has 2 N–H and O–H groups in total. The van der Waals surface area contributed by atoms with Gasteiger partial charge in [-0.3, -0.25) is 4.79 Å². The van der Waals surface area contributed by atoms with Gasteiger partial charge in [0.25, 0.3) is 0 Å². The van der Waals surface area contributed by atoms with E-state index in [0.717, 1.165) is 5.56 Å². The fourth-order valence-electron chi connectivity index (χ4n) is 1.98. The summed E-state index contributed by atoms with van der Waals surface area (Å²) in [4.78, 5) is 23.5. The van der Waals surface area contributed by atoms with Crippen molar-refractivity contribution in [2.75, 3.05) is 5.32 Å². The van der Waals surface area contributed by atoms with E-state index in [0.29, 0.717) is 0 Å². The molecule has 2 aromatic rings. The fourth-order valence-corrected chi connectivity index (χ4v) is 2.24. The second-order valence-electron chi connectivity index (χ2n) is 4.59. The van der Waals surface area contributed by atoms with Gasteiger partial charge in [0.15, 0.2) is 0 Å².